The van der Waals surface area contributed by atoms with E-state index in [9.17, 15) is 23.1 Å². The third kappa shape index (κ3) is 5.96. The summed E-state index contributed by atoms with van der Waals surface area (Å²) in [6, 6.07) is 6.57. The van der Waals surface area contributed by atoms with Crippen LogP contribution in [-0.4, -0.2) is 92.3 Å². The van der Waals surface area contributed by atoms with Gasteiger partial charge in [0.05, 0.1) is 23.5 Å². The third-order valence-electron chi connectivity index (χ3n) is 7.25. The number of carbonyl (C=O) groups excluding carboxylic acids is 1. The van der Waals surface area contributed by atoms with Gasteiger partial charge < -0.3 is 15.0 Å². The maximum atomic E-state index is 13.3. The third-order valence-corrected chi connectivity index (χ3v) is 8.95. The fraction of sp³-hybridized carbons (Fsp3) is 0.577. The van der Waals surface area contributed by atoms with Crippen molar-refractivity contribution in [1.29, 1.82) is 0 Å². The molecule has 3 unspecified atom stereocenters. The molecule has 0 saturated carbocycles. The van der Waals surface area contributed by atoms with Crippen LogP contribution in [0.5, 0.6) is 0 Å². The van der Waals surface area contributed by atoms with E-state index in [1.165, 1.54) is 24.1 Å². The number of aryl methyl sites for hydroxylation is 1. The Labute approximate surface area is 228 Å². The van der Waals surface area contributed by atoms with Gasteiger partial charge in [0.15, 0.2) is 5.03 Å². The molecule has 13 heteroatoms. The van der Waals surface area contributed by atoms with Crippen LogP contribution in [-0.2, 0) is 17.1 Å². The normalized spacial score (nSPS) is 19.4. The lowest BCUT2D eigenvalue weighted by Gasteiger charge is -2.28. The first kappa shape index (κ1) is 29.0. The minimum atomic E-state index is -3.82. The van der Waals surface area contributed by atoms with E-state index in [1.54, 1.807) is 28.3 Å². The number of sulfonamides is 1. The van der Waals surface area contributed by atoms with Crippen molar-refractivity contribution in [3.05, 3.63) is 47.3 Å². The highest BCUT2D eigenvalue weighted by Gasteiger charge is 2.35. The van der Waals surface area contributed by atoms with Crippen molar-refractivity contribution in [2.24, 2.45) is 7.05 Å². The monoisotopic (exact) mass is 561 g/mol. The Morgan fingerprint density at radius 2 is 1.95 bits per heavy atom. The van der Waals surface area contributed by atoms with Gasteiger partial charge in [-0.2, -0.15) is 4.31 Å². The highest BCUT2D eigenvalue weighted by Crippen LogP contribution is 2.23. The molecule has 1 aliphatic rings. The standard InChI is InChI=1S/C26H39N7O5S/c1-6-9-20-12-19(28-25(35)33-23-11-8-7-10-22(23)32(18(2)3)26(33)36)13-31(20)15-21(34)14-30(5)39(37,38)24-16-29(4)17-27-24/h7-8,10-11,16-21,34H,6,9,12-15H2,1-5H3,(H,28,35). The van der Waals surface area contributed by atoms with E-state index >= 15 is 0 Å². The number of benzene rings is 1. The van der Waals surface area contributed by atoms with Crippen molar-refractivity contribution >= 4 is 27.1 Å². The van der Waals surface area contributed by atoms with Crippen LogP contribution >= 0.6 is 0 Å². The molecule has 3 heterocycles. The van der Waals surface area contributed by atoms with E-state index in [4.69, 9.17) is 0 Å². The Bertz CT molecular complexity index is 1480. The first-order valence-corrected chi connectivity index (χ1v) is 14.8. The van der Waals surface area contributed by atoms with E-state index in [0.717, 1.165) is 17.1 Å². The number of aliphatic hydroxyl groups is 1. The number of nitrogens with zero attached hydrogens (tertiary/aromatic N) is 6. The summed E-state index contributed by atoms with van der Waals surface area (Å²) in [5.74, 6) is 0. The van der Waals surface area contributed by atoms with Crippen LogP contribution in [0.25, 0.3) is 11.0 Å². The summed E-state index contributed by atoms with van der Waals surface area (Å²) in [7, 11) is -0.706. The van der Waals surface area contributed by atoms with Crippen LogP contribution in [0.4, 0.5) is 4.79 Å². The second kappa shape index (κ2) is 11.6. The van der Waals surface area contributed by atoms with Crippen molar-refractivity contribution in [3.63, 3.8) is 0 Å². The average Bonchev–Trinajstić information content (AvgIpc) is 3.54. The summed E-state index contributed by atoms with van der Waals surface area (Å²) in [5.41, 5.74) is 0.884. The molecule has 12 nitrogen and oxygen atoms in total. The lowest BCUT2D eigenvalue weighted by Crippen LogP contribution is -2.45. The van der Waals surface area contributed by atoms with Gasteiger partial charge in [-0.05, 0) is 38.8 Å². The van der Waals surface area contributed by atoms with Gasteiger partial charge in [0.1, 0.15) is 0 Å². The molecule has 4 rings (SSSR count). The number of rotatable bonds is 10. The molecular formula is C26H39N7O5S. The van der Waals surface area contributed by atoms with Crippen LogP contribution < -0.4 is 11.0 Å². The van der Waals surface area contributed by atoms with E-state index in [1.807, 2.05) is 26.0 Å². The number of carbonyl (C=O) groups is 1. The van der Waals surface area contributed by atoms with Crippen LogP contribution in [0.2, 0.25) is 0 Å². The Morgan fingerprint density at radius 3 is 2.56 bits per heavy atom. The lowest BCUT2D eigenvalue weighted by molar-refractivity contribution is 0.0904. The Morgan fingerprint density at radius 1 is 1.26 bits per heavy atom. The molecule has 0 aliphatic carbocycles. The summed E-state index contributed by atoms with van der Waals surface area (Å²) in [6.45, 7) is 6.55. The van der Waals surface area contributed by atoms with E-state index in [2.05, 4.69) is 22.1 Å². The minimum Gasteiger partial charge on any atom is -0.390 e. The zero-order valence-corrected chi connectivity index (χ0v) is 24.0. The minimum absolute atomic E-state index is 0.0680. The van der Waals surface area contributed by atoms with E-state index in [0.29, 0.717) is 24.0 Å². The predicted octanol–water partition coefficient (Wildman–Crippen LogP) is 1.60. The number of para-hydroxylation sites is 2. The molecule has 1 fully saturated rings. The number of aromatic nitrogens is 4. The predicted molar refractivity (Wildman–Crippen MR) is 148 cm³/mol. The molecule has 0 spiro atoms. The quantitative estimate of drug-likeness (QED) is 0.384. The summed E-state index contributed by atoms with van der Waals surface area (Å²) in [5, 5.41) is 13.8. The van der Waals surface area contributed by atoms with Gasteiger partial charge in [-0.25, -0.2) is 27.6 Å². The van der Waals surface area contributed by atoms with Crippen molar-refractivity contribution in [2.75, 3.05) is 26.7 Å². The van der Waals surface area contributed by atoms with Crippen LogP contribution in [0.15, 0.2) is 46.6 Å². The van der Waals surface area contributed by atoms with Gasteiger partial charge in [-0.15, -0.1) is 0 Å². The van der Waals surface area contributed by atoms with Crippen LogP contribution in [0.1, 0.15) is 46.1 Å². The largest absolute Gasteiger partial charge is 0.390 e. The summed E-state index contributed by atoms with van der Waals surface area (Å²) in [4.78, 5) is 32.5. The second-order valence-electron chi connectivity index (χ2n) is 10.7. The van der Waals surface area contributed by atoms with Crippen LogP contribution in [0.3, 0.4) is 0 Å². The number of likely N-dealkylation sites (N-methyl/N-ethyl adjacent to an activating group) is 1. The molecule has 1 aromatic carbocycles. The second-order valence-corrected chi connectivity index (χ2v) is 12.7. The van der Waals surface area contributed by atoms with Crippen LogP contribution in [0, 0.1) is 0 Å². The molecule has 1 amide bonds. The highest BCUT2D eigenvalue weighted by atomic mass is 32.2. The molecule has 0 bridgehead atoms. The van der Waals surface area contributed by atoms with Crippen molar-refractivity contribution in [2.45, 2.75) is 69.3 Å². The number of aliphatic hydroxyl groups excluding tert-OH is 1. The Hall–Kier alpha value is -3.00. The molecule has 2 aromatic heterocycles. The number of fused-ring (bicyclic) bond motifs is 1. The molecule has 1 saturated heterocycles. The first-order chi connectivity index (χ1) is 18.4. The summed E-state index contributed by atoms with van der Waals surface area (Å²) in [6.07, 6.45) is 4.37. The van der Waals surface area contributed by atoms with Gasteiger partial charge >= 0.3 is 11.7 Å². The molecule has 3 atom stereocenters. The lowest BCUT2D eigenvalue weighted by atomic mass is 10.1. The van der Waals surface area contributed by atoms with E-state index in [-0.39, 0.29) is 41.9 Å². The fourth-order valence-electron chi connectivity index (χ4n) is 5.46. The SMILES string of the molecule is CCCC1CC(NC(=O)n2c(=O)n(C(C)C)c3ccccc32)CN1CC(O)CN(C)S(=O)(=O)c1cn(C)cn1. The van der Waals surface area contributed by atoms with Gasteiger partial charge in [0, 0.05) is 58.1 Å². The topological polar surface area (TPSA) is 135 Å². The molecule has 0 radical (unpaired) electrons. The number of β-amino-alcohol motifs (C(OH)–C–C–N with tert-alkyl or cyclic N) is 1. The Balaban J connectivity index is 1.44. The van der Waals surface area contributed by atoms with E-state index < -0.39 is 22.2 Å². The number of hydrogen-bond acceptors (Lipinski definition) is 7. The fourth-order valence-corrected chi connectivity index (χ4v) is 6.62. The van der Waals surface area contributed by atoms with Gasteiger partial charge in [-0.1, -0.05) is 25.5 Å². The van der Waals surface area contributed by atoms with Gasteiger partial charge in [0.25, 0.3) is 10.0 Å². The van der Waals surface area contributed by atoms with Gasteiger partial charge in [0.2, 0.25) is 0 Å². The zero-order valence-electron chi connectivity index (χ0n) is 23.2. The first-order valence-electron chi connectivity index (χ1n) is 13.3. The molecule has 39 heavy (non-hydrogen) atoms. The molecular weight excluding hydrogens is 522 g/mol. The number of imidazole rings is 2. The smallest absolute Gasteiger partial charge is 0.337 e. The van der Waals surface area contributed by atoms with Crippen molar-refractivity contribution in [3.8, 4) is 0 Å². The maximum absolute atomic E-state index is 13.3. The summed E-state index contributed by atoms with van der Waals surface area (Å²) < 4.78 is 31.1. The highest BCUT2D eigenvalue weighted by molar-refractivity contribution is 7.89. The molecule has 1 aliphatic heterocycles. The number of amides is 1. The van der Waals surface area contributed by atoms with Crippen molar-refractivity contribution < 1.29 is 18.3 Å². The molecule has 214 valence electrons. The summed E-state index contributed by atoms with van der Waals surface area (Å²) >= 11 is 0. The van der Waals surface area contributed by atoms with Crippen molar-refractivity contribution in [1.82, 2.24) is 33.2 Å². The number of nitrogens with one attached hydrogen (secondary N) is 1. The molecule has 2 N–H and O–H groups in total. The maximum Gasteiger partial charge on any atom is 0.337 e. The zero-order chi connectivity index (χ0) is 28.5. The molecule has 3 aromatic rings. The number of hydrogen-bond donors (Lipinski definition) is 2. The number of likely N-dealkylation sites (tertiary alicyclic amines) is 1. The van der Waals surface area contributed by atoms with Gasteiger partial charge in [-0.3, -0.25) is 9.47 Å². The average molecular weight is 562 g/mol. The Kier molecular flexibility index (Phi) is 8.64.